The van der Waals surface area contributed by atoms with E-state index in [4.69, 9.17) is 0 Å². The van der Waals surface area contributed by atoms with Gasteiger partial charge in [0, 0.05) is 17.4 Å². The molecule has 110 valence electrons. The Morgan fingerprint density at radius 2 is 1.95 bits per heavy atom. The van der Waals surface area contributed by atoms with E-state index in [1.807, 2.05) is 35.7 Å². The van der Waals surface area contributed by atoms with Crippen LogP contribution >= 0.6 is 0 Å². The smallest absolute Gasteiger partial charge is 0.276 e. The number of aromatic nitrogens is 2. The molecule has 22 heavy (non-hydrogen) atoms. The van der Waals surface area contributed by atoms with Crippen molar-refractivity contribution in [3.05, 3.63) is 65.7 Å². The second kappa shape index (κ2) is 5.44. The van der Waals surface area contributed by atoms with E-state index in [0.717, 1.165) is 11.3 Å². The number of carbonyl (C=O) groups is 2. The third-order valence-electron chi connectivity index (χ3n) is 3.47. The topological polar surface area (TPSA) is 63.5 Å². The maximum atomic E-state index is 12.5. The van der Waals surface area contributed by atoms with Crippen molar-refractivity contribution in [2.24, 2.45) is 0 Å². The zero-order valence-electron chi connectivity index (χ0n) is 12.3. The molecule has 0 radical (unpaired) electrons. The van der Waals surface area contributed by atoms with Gasteiger partial charge in [0.25, 0.3) is 5.91 Å². The van der Waals surface area contributed by atoms with Crippen LogP contribution in [0.3, 0.4) is 0 Å². The highest BCUT2D eigenvalue weighted by Crippen LogP contribution is 2.16. The number of pyridine rings is 1. The number of Topliss-reactive ketones (excluding diaryl/α,β-unsaturated/α-hetero) is 1. The normalized spacial score (nSPS) is 10.6. The number of ketones is 1. The summed E-state index contributed by atoms with van der Waals surface area (Å²) in [6.07, 6.45) is 1.87. The minimum atomic E-state index is -0.294. The molecule has 0 fully saturated rings. The monoisotopic (exact) mass is 293 g/mol. The number of nitrogens with zero attached hydrogens (tertiary/aromatic N) is 2. The quantitative estimate of drug-likeness (QED) is 0.755. The van der Waals surface area contributed by atoms with Crippen LogP contribution < -0.4 is 5.32 Å². The molecule has 0 atom stereocenters. The molecule has 0 spiro atoms. The van der Waals surface area contributed by atoms with E-state index in [1.165, 1.54) is 6.92 Å². The Hall–Kier alpha value is -2.95. The van der Waals surface area contributed by atoms with Gasteiger partial charge in [-0.1, -0.05) is 18.2 Å². The summed E-state index contributed by atoms with van der Waals surface area (Å²) >= 11 is 0. The molecule has 3 aromatic rings. The van der Waals surface area contributed by atoms with Gasteiger partial charge in [0.15, 0.2) is 11.5 Å². The minimum Gasteiger partial charge on any atom is -0.321 e. The number of fused-ring (bicyclic) bond motifs is 1. The lowest BCUT2D eigenvalue weighted by Crippen LogP contribution is -2.13. The first-order valence-corrected chi connectivity index (χ1v) is 6.92. The van der Waals surface area contributed by atoms with E-state index >= 15 is 0 Å². The summed E-state index contributed by atoms with van der Waals surface area (Å²) in [5.74, 6) is 0.412. The molecule has 0 aliphatic carbocycles. The maximum Gasteiger partial charge on any atom is 0.276 e. The molecule has 5 nitrogen and oxygen atoms in total. The molecule has 1 N–H and O–H groups in total. The van der Waals surface area contributed by atoms with Crippen molar-refractivity contribution in [1.29, 1.82) is 0 Å². The Balaban J connectivity index is 1.94. The van der Waals surface area contributed by atoms with Crippen molar-refractivity contribution in [3.63, 3.8) is 0 Å². The fourth-order valence-electron chi connectivity index (χ4n) is 2.36. The highest BCUT2D eigenvalue weighted by atomic mass is 16.2. The summed E-state index contributed by atoms with van der Waals surface area (Å²) < 4.78 is 1.86. The van der Waals surface area contributed by atoms with Crippen LogP contribution in [0.5, 0.6) is 0 Å². The van der Waals surface area contributed by atoms with E-state index in [-0.39, 0.29) is 11.7 Å². The van der Waals surface area contributed by atoms with Gasteiger partial charge in [-0.05, 0) is 38.1 Å². The standard InChI is InChI=1S/C17H15N3O2/c1-11(21)13-6-5-7-14(10-13)19-17(22)16-15-8-3-4-9-20(15)12(2)18-16/h3-10H,1-2H3,(H,19,22). The largest absolute Gasteiger partial charge is 0.321 e. The molecular weight excluding hydrogens is 278 g/mol. The second-order valence-corrected chi connectivity index (χ2v) is 5.05. The molecule has 0 bridgehead atoms. The van der Waals surface area contributed by atoms with Crippen molar-refractivity contribution >= 4 is 22.9 Å². The molecular formula is C17H15N3O2. The van der Waals surface area contributed by atoms with Crippen molar-refractivity contribution in [3.8, 4) is 0 Å². The van der Waals surface area contributed by atoms with Crippen LogP contribution in [0.1, 0.15) is 33.6 Å². The van der Waals surface area contributed by atoms with Gasteiger partial charge in [0.1, 0.15) is 5.82 Å². The van der Waals surface area contributed by atoms with Gasteiger partial charge in [-0.15, -0.1) is 0 Å². The molecule has 2 aromatic heterocycles. The number of imidazole rings is 1. The van der Waals surface area contributed by atoms with E-state index in [9.17, 15) is 9.59 Å². The van der Waals surface area contributed by atoms with Gasteiger partial charge in [0.05, 0.1) is 5.52 Å². The first-order valence-electron chi connectivity index (χ1n) is 6.92. The molecule has 0 unspecified atom stereocenters. The molecule has 0 saturated heterocycles. The number of carbonyl (C=O) groups excluding carboxylic acids is 2. The number of hydrogen-bond donors (Lipinski definition) is 1. The van der Waals surface area contributed by atoms with Crippen molar-refractivity contribution in [2.75, 3.05) is 5.32 Å². The molecule has 1 amide bonds. The van der Waals surface area contributed by atoms with E-state index in [2.05, 4.69) is 10.3 Å². The zero-order valence-corrected chi connectivity index (χ0v) is 12.3. The Bertz CT molecular complexity index is 880. The first-order chi connectivity index (χ1) is 10.6. The third kappa shape index (κ3) is 2.48. The summed E-state index contributed by atoms with van der Waals surface area (Å²) in [5.41, 5.74) is 2.25. The third-order valence-corrected chi connectivity index (χ3v) is 3.47. The summed E-state index contributed by atoms with van der Waals surface area (Å²) in [6.45, 7) is 3.34. The average Bonchev–Trinajstić information content (AvgIpc) is 2.85. The fraction of sp³-hybridized carbons (Fsp3) is 0.118. The lowest BCUT2D eigenvalue weighted by molar-refractivity contribution is 0.101. The highest BCUT2D eigenvalue weighted by molar-refractivity contribution is 6.08. The van der Waals surface area contributed by atoms with Crippen LogP contribution in [0.2, 0.25) is 0 Å². The summed E-state index contributed by atoms with van der Waals surface area (Å²) in [7, 11) is 0. The number of hydrogen-bond acceptors (Lipinski definition) is 3. The average molecular weight is 293 g/mol. The highest BCUT2D eigenvalue weighted by Gasteiger charge is 2.15. The van der Waals surface area contributed by atoms with Crippen molar-refractivity contribution in [1.82, 2.24) is 9.38 Å². The van der Waals surface area contributed by atoms with Crippen molar-refractivity contribution in [2.45, 2.75) is 13.8 Å². The van der Waals surface area contributed by atoms with Crippen LogP contribution in [-0.4, -0.2) is 21.1 Å². The summed E-state index contributed by atoms with van der Waals surface area (Å²) in [4.78, 5) is 28.2. The molecule has 0 aliphatic rings. The Morgan fingerprint density at radius 1 is 1.14 bits per heavy atom. The number of anilines is 1. The van der Waals surface area contributed by atoms with Crippen LogP contribution in [0.25, 0.3) is 5.52 Å². The molecule has 1 aromatic carbocycles. The van der Waals surface area contributed by atoms with Gasteiger partial charge >= 0.3 is 0 Å². The SMILES string of the molecule is CC(=O)c1cccc(NC(=O)c2nc(C)n3ccccc23)c1. The molecule has 0 saturated carbocycles. The van der Waals surface area contributed by atoms with Gasteiger partial charge < -0.3 is 9.72 Å². The second-order valence-electron chi connectivity index (χ2n) is 5.05. The number of nitrogens with one attached hydrogen (secondary N) is 1. The van der Waals surface area contributed by atoms with E-state index in [0.29, 0.717) is 16.9 Å². The van der Waals surface area contributed by atoms with Crippen LogP contribution in [0.4, 0.5) is 5.69 Å². The molecule has 0 aliphatic heterocycles. The predicted molar refractivity (Wildman–Crippen MR) is 84.3 cm³/mol. The van der Waals surface area contributed by atoms with Gasteiger partial charge in [-0.25, -0.2) is 4.98 Å². The minimum absolute atomic E-state index is 0.0422. The Labute approximate surface area is 127 Å². The van der Waals surface area contributed by atoms with Gasteiger partial charge in [0.2, 0.25) is 0 Å². The number of benzene rings is 1. The number of aryl methyl sites for hydroxylation is 1. The summed E-state index contributed by atoms with van der Waals surface area (Å²) in [5, 5.41) is 2.79. The van der Waals surface area contributed by atoms with Gasteiger partial charge in [-0.2, -0.15) is 0 Å². The van der Waals surface area contributed by atoms with Crippen LogP contribution in [0, 0.1) is 6.92 Å². The fourth-order valence-corrected chi connectivity index (χ4v) is 2.36. The van der Waals surface area contributed by atoms with E-state index in [1.54, 1.807) is 24.3 Å². The first kappa shape index (κ1) is 14.0. The predicted octanol–water partition coefficient (Wildman–Crippen LogP) is 3.10. The number of amides is 1. The zero-order chi connectivity index (χ0) is 15.7. The molecule has 2 heterocycles. The maximum absolute atomic E-state index is 12.5. The Kier molecular flexibility index (Phi) is 3.47. The number of rotatable bonds is 3. The lowest BCUT2D eigenvalue weighted by Gasteiger charge is -2.05. The van der Waals surface area contributed by atoms with Crippen LogP contribution in [0.15, 0.2) is 48.7 Å². The molecule has 5 heteroatoms. The Morgan fingerprint density at radius 3 is 2.73 bits per heavy atom. The van der Waals surface area contributed by atoms with E-state index < -0.39 is 0 Å². The van der Waals surface area contributed by atoms with Crippen LogP contribution in [-0.2, 0) is 0 Å². The lowest BCUT2D eigenvalue weighted by atomic mass is 10.1. The molecule has 3 rings (SSSR count). The van der Waals surface area contributed by atoms with Crippen molar-refractivity contribution < 1.29 is 9.59 Å². The van der Waals surface area contributed by atoms with Gasteiger partial charge in [-0.3, -0.25) is 9.59 Å². The summed E-state index contributed by atoms with van der Waals surface area (Å²) in [6, 6.07) is 12.5.